The maximum absolute atomic E-state index is 12.9. The third-order valence-electron chi connectivity index (χ3n) is 4.55. The van der Waals surface area contributed by atoms with Crippen LogP contribution in [0.5, 0.6) is 0 Å². The first-order valence-electron chi connectivity index (χ1n) is 9.18. The normalized spacial score (nSPS) is 10.7. The number of aryl methyl sites for hydroxylation is 2. The number of carbonyl (C=O) groups excluding carboxylic acids is 1. The van der Waals surface area contributed by atoms with Crippen molar-refractivity contribution in [1.29, 1.82) is 0 Å². The van der Waals surface area contributed by atoms with E-state index in [0.29, 0.717) is 5.82 Å². The highest BCUT2D eigenvalue weighted by Crippen LogP contribution is 2.24. The molecular formula is C23H19BrN4O. The van der Waals surface area contributed by atoms with Crippen LogP contribution in [0.15, 0.2) is 77.3 Å². The standard InChI is InChI=1S/C23H19BrN4O/c1-15-8-9-16(2)20(14-15)25-23(29)21-26-22(17-10-12-18(24)13-11-17)28(27-21)19-6-4-3-5-7-19/h3-14H,1-2H3,(H,25,29). The molecule has 0 bridgehead atoms. The first-order chi connectivity index (χ1) is 14.0. The van der Waals surface area contributed by atoms with Crippen LogP contribution in [0.4, 0.5) is 5.69 Å². The third kappa shape index (κ3) is 4.12. The van der Waals surface area contributed by atoms with Crippen molar-refractivity contribution >= 4 is 27.5 Å². The Morgan fingerprint density at radius 1 is 0.966 bits per heavy atom. The Bertz CT molecular complexity index is 1170. The number of nitrogens with zero attached hydrogens (tertiary/aromatic N) is 3. The molecular weight excluding hydrogens is 428 g/mol. The monoisotopic (exact) mass is 446 g/mol. The highest BCUT2D eigenvalue weighted by molar-refractivity contribution is 9.10. The first-order valence-corrected chi connectivity index (χ1v) is 9.97. The number of halogens is 1. The van der Waals surface area contributed by atoms with E-state index in [4.69, 9.17) is 0 Å². The second kappa shape index (κ2) is 8.01. The molecule has 0 radical (unpaired) electrons. The molecule has 6 heteroatoms. The smallest absolute Gasteiger partial charge is 0.295 e. The van der Waals surface area contributed by atoms with Crippen molar-refractivity contribution in [3.63, 3.8) is 0 Å². The lowest BCUT2D eigenvalue weighted by Gasteiger charge is -2.07. The molecule has 4 rings (SSSR count). The fourth-order valence-corrected chi connectivity index (χ4v) is 3.26. The molecule has 0 fully saturated rings. The number of anilines is 1. The van der Waals surface area contributed by atoms with Gasteiger partial charge < -0.3 is 5.32 Å². The van der Waals surface area contributed by atoms with Gasteiger partial charge in [0.25, 0.3) is 5.91 Å². The molecule has 0 aliphatic rings. The Balaban J connectivity index is 1.75. The molecule has 5 nitrogen and oxygen atoms in total. The quantitative estimate of drug-likeness (QED) is 0.445. The van der Waals surface area contributed by atoms with E-state index >= 15 is 0 Å². The lowest BCUT2D eigenvalue weighted by Crippen LogP contribution is -2.15. The van der Waals surface area contributed by atoms with E-state index in [1.165, 1.54) is 0 Å². The van der Waals surface area contributed by atoms with Crippen LogP contribution in [0, 0.1) is 13.8 Å². The molecule has 144 valence electrons. The minimum absolute atomic E-state index is 0.118. The predicted octanol–water partition coefficient (Wildman–Crippen LogP) is 5.57. The maximum atomic E-state index is 12.9. The van der Waals surface area contributed by atoms with Crippen LogP contribution in [0.25, 0.3) is 17.1 Å². The van der Waals surface area contributed by atoms with Gasteiger partial charge in [0.15, 0.2) is 5.82 Å². The summed E-state index contributed by atoms with van der Waals surface area (Å²) in [5, 5.41) is 7.44. The minimum atomic E-state index is -0.341. The van der Waals surface area contributed by atoms with Gasteiger partial charge in [-0.25, -0.2) is 9.67 Å². The van der Waals surface area contributed by atoms with E-state index in [9.17, 15) is 4.79 Å². The first kappa shape index (κ1) is 19.1. The Labute approximate surface area is 177 Å². The van der Waals surface area contributed by atoms with E-state index in [-0.39, 0.29) is 11.7 Å². The number of hydrogen-bond donors (Lipinski definition) is 1. The van der Waals surface area contributed by atoms with Gasteiger partial charge in [0.05, 0.1) is 5.69 Å². The zero-order valence-corrected chi connectivity index (χ0v) is 17.6. The van der Waals surface area contributed by atoms with Crippen LogP contribution in [0.1, 0.15) is 21.7 Å². The van der Waals surface area contributed by atoms with Gasteiger partial charge in [-0.15, -0.1) is 5.10 Å². The Morgan fingerprint density at radius 3 is 2.41 bits per heavy atom. The lowest BCUT2D eigenvalue weighted by molar-refractivity contribution is 0.101. The van der Waals surface area contributed by atoms with Gasteiger partial charge in [0, 0.05) is 15.7 Å². The molecule has 0 atom stereocenters. The molecule has 1 amide bonds. The fraction of sp³-hybridized carbons (Fsp3) is 0.0870. The molecule has 0 aliphatic carbocycles. The fourth-order valence-electron chi connectivity index (χ4n) is 2.99. The lowest BCUT2D eigenvalue weighted by atomic mass is 10.1. The number of carbonyl (C=O) groups is 1. The molecule has 0 aliphatic heterocycles. The summed E-state index contributed by atoms with van der Waals surface area (Å²) in [6.07, 6.45) is 0. The summed E-state index contributed by atoms with van der Waals surface area (Å²) in [6, 6.07) is 23.4. The zero-order valence-electron chi connectivity index (χ0n) is 16.1. The number of amides is 1. The molecule has 1 N–H and O–H groups in total. The minimum Gasteiger partial charge on any atom is -0.319 e. The Kier molecular flexibility index (Phi) is 5.27. The van der Waals surface area contributed by atoms with E-state index < -0.39 is 0 Å². The van der Waals surface area contributed by atoms with E-state index in [0.717, 1.165) is 32.5 Å². The van der Waals surface area contributed by atoms with E-state index in [2.05, 4.69) is 31.3 Å². The summed E-state index contributed by atoms with van der Waals surface area (Å²) in [5.41, 5.74) is 4.53. The van der Waals surface area contributed by atoms with Gasteiger partial charge in [-0.05, 0) is 55.3 Å². The Hall–Kier alpha value is -3.25. The molecule has 0 saturated heterocycles. The molecule has 3 aromatic carbocycles. The second-order valence-electron chi connectivity index (χ2n) is 6.79. The van der Waals surface area contributed by atoms with Crippen molar-refractivity contribution in [2.45, 2.75) is 13.8 Å². The van der Waals surface area contributed by atoms with Crippen molar-refractivity contribution in [3.8, 4) is 17.1 Å². The molecule has 1 aromatic heterocycles. The largest absolute Gasteiger partial charge is 0.319 e. The van der Waals surface area contributed by atoms with Gasteiger partial charge >= 0.3 is 0 Å². The summed E-state index contributed by atoms with van der Waals surface area (Å²) in [7, 11) is 0. The topological polar surface area (TPSA) is 59.8 Å². The average Bonchev–Trinajstić information content (AvgIpc) is 3.17. The highest BCUT2D eigenvalue weighted by atomic mass is 79.9. The van der Waals surface area contributed by atoms with Gasteiger partial charge in [-0.1, -0.05) is 58.4 Å². The Morgan fingerprint density at radius 2 is 1.69 bits per heavy atom. The summed E-state index contributed by atoms with van der Waals surface area (Å²) >= 11 is 3.45. The molecule has 29 heavy (non-hydrogen) atoms. The molecule has 0 unspecified atom stereocenters. The van der Waals surface area contributed by atoms with Crippen LogP contribution in [-0.4, -0.2) is 20.7 Å². The molecule has 1 heterocycles. The van der Waals surface area contributed by atoms with Crippen LogP contribution in [0.3, 0.4) is 0 Å². The number of hydrogen-bond acceptors (Lipinski definition) is 3. The number of rotatable bonds is 4. The molecule has 4 aromatic rings. The van der Waals surface area contributed by atoms with Crippen molar-refractivity contribution < 1.29 is 4.79 Å². The van der Waals surface area contributed by atoms with Crippen molar-refractivity contribution in [2.24, 2.45) is 0 Å². The van der Waals surface area contributed by atoms with Gasteiger partial charge in [0.1, 0.15) is 0 Å². The SMILES string of the molecule is Cc1ccc(C)c(NC(=O)c2nc(-c3ccc(Br)cc3)n(-c3ccccc3)n2)c1. The van der Waals surface area contributed by atoms with Crippen molar-refractivity contribution in [2.75, 3.05) is 5.32 Å². The molecule has 0 saturated carbocycles. The summed E-state index contributed by atoms with van der Waals surface area (Å²) in [5.74, 6) is 0.384. The average molecular weight is 447 g/mol. The van der Waals surface area contributed by atoms with Gasteiger partial charge in [-0.3, -0.25) is 4.79 Å². The predicted molar refractivity (Wildman–Crippen MR) is 118 cm³/mol. The van der Waals surface area contributed by atoms with Crippen molar-refractivity contribution in [3.05, 3.63) is 94.2 Å². The van der Waals surface area contributed by atoms with Crippen LogP contribution < -0.4 is 5.32 Å². The van der Waals surface area contributed by atoms with Crippen LogP contribution in [-0.2, 0) is 0 Å². The number of para-hydroxylation sites is 1. The van der Waals surface area contributed by atoms with Crippen LogP contribution >= 0.6 is 15.9 Å². The number of nitrogens with one attached hydrogen (secondary N) is 1. The zero-order chi connectivity index (χ0) is 20.4. The molecule has 0 spiro atoms. The third-order valence-corrected chi connectivity index (χ3v) is 5.08. The summed E-state index contributed by atoms with van der Waals surface area (Å²) in [4.78, 5) is 17.5. The maximum Gasteiger partial charge on any atom is 0.295 e. The number of aromatic nitrogens is 3. The van der Waals surface area contributed by atoms with Crippen LogP contribution in [0.2, 0.25) is 0 Å². The van der Waals surface area contributed by atoms with E-state index in [1.807, 2.05) is 86.6 Å². The number of benzene rings is 3. The summed E-state index contributed by atoms with van der Waals surface area (Å²) < 4.78 is 2.67. The van der Waals surface area contributed by atoms with Gasteiger partial charge in [-0.2, -0.15) is 0 Å². The summed E-state index contributed by atoms with van der Waals surface area (Å²) in [6.45, 7) is 3.95. The second-order valence-corrected chi connectivity index (χ2v) is 7.70. The highest BCUT2D eigenvalue weighted by Gasteiger charge is 2.19. The van der Waals surface area contributed by atoms with Gasteiger partial charge in [0.2, 0.25) is 5.82 Å². The van der Waals surface area contributed by atoms with Crippen molar-refractivity contribution in [1.82, 2.24) is 14.8 Å². The van der Waals surface area contributed by atoms with E-state index in [1.54, 1.807) is 4.68 Å².